The van der Waals surface area contributed by atoms with Gasteiger partial charge in [-0.3, -0.25) is 4.79 Å². The maximum Gasteiger partial charge on any atom is 0.233 e. The van der Waals surface area contributed by atoms with E-state index in [1.807, 2.05) is 0 Å². The van der Waals surface area contributed by atoms with Crippen molar-refractivity contribution in [1.29, 1.82) is 0 Å². The molecule has 0 aliphatic heterocycles. The SMILES string of the molecule is NCC1(C(=O)Nc2nc3c(s2)CCC3)CCCCC1. The Morgan fingerprint density at radius 1 is 1.26 bits per heavy atom. The molecule has 1 aromatic heterocycles. The molecule has 1 aromatic rings. The Hall–Kier alpha value is -0.940. The summed E-state index contributed by atoms with van der Waals surface area (Å²) in [6, 6.07) is 0. The van der Waals surface area contributed by atoms with E-state index in [4.69, 9.17) is 5.73 Å². The van der Waals surface area contributed by atoms with Gasteiger partial charge in [-0.15, -0.1) is 11.3 Å². The van der Waals surface area contributed by atoms with Gasteiger partial charge in [0.15, 0.2) is 5.13 Å². The first-order valence-corrected chi connectivity index (χ1v) is 8.05. The summed E-state index contributed by atoms with van der Waals surface area (Å²) in [6.07, 6.45) is 8.66. The molecule has 3 rings (SSSR count). The monoisotopic (exact) mass is 279 g/mol. The molecule has 0 spiro atoms. The molecular formula is C14H21N3OS. The summed E-state index contributed by atoms with van der Waals surface area (Å²) in [7, 11) is 0. The van der Waals surface area contributed by atoms with Crippen molar-refractivity contribution < 1.29 is 4.79 Å². The Morgan fingerprint density at radius 2 is 2.05 bits per heavy atom. The van der Waals surface area contributed by atoms with Crippen LogP contribution in [0.3, 0.4) is 0 Å². The van der Waals surface area contributed by atoms with Gasteiger partial charge in [-0.05, 0) is 32.1 Å². The molecule has 0 unspecified atom stereocenters. The van der Waals surface area contributed by atoms with Crippen LogP contribution in [-0.4, -0.2) is 17.4 Å². The van der Waals surface area contributed by atoms with Crippen LogP contribution in [0.2, 0.25) is 0 Å². The highest BCUT2D eigenvalue weighted by atomic mass is 32.1. The van der Waals surface area contributed by atoms with Gasteiger partial charge in [-0.2, -0.15) is 0 Å². The van der Waals surface area contributed by atoms with Crippen LogP contribution in [0.1, 0.15) is 49.1 Å². The van der Waals surface area contributed by atoms with Gasteiger partial charge >= 0.3 is 0 Å². The second-order valence-electron chi connectivity index (χ2n) is 5.74. The van der Waals surface area contributed by atoms with Gasteiger partial charge in [0, 0.05) is 11.4 Å². The molecule has 0 radical (unpaired) electrons. The van der Waals surface area contributed by atoms with Gasteiger partial charge < -0.3 is 11.1 Å². The maximum absolute atomic E-state index is 12.5. The van der Waals surface area contributed by atoms with Crippen LogP contribution in [0, 0.1) is 5.41 Å². The third kappa shape index (κ3) is 2.41. The van der Waals surface area contributed by atoms with Crippen LogP contribution in [-0.2, 0) is 17.6 Å². The number of fused-ring (bicyclic) bond motifs is 1. The van der Waals surface area contributed by atoms with Gasteiger partial charge in [0.25, 0.3) is 0 Å². The fraction of sp³-hybridized carbons (Fsp3) is 0.714. The standard InChI is InChI=1S/C14H21N3OS/c15-9-14(7-2-1-3-8-14)12(18)17-13-16-10-5-4-6-11(10)19-13/h1-9,15H2,(H,16,17,18). The lowest BCUT2D eigenvalue weighted by Gasteiger charge is -2.34. The minimum absolute atomic E-state index is 0.0853. The quantitative estimate of drug-likeness (QED) is 0.893. The van der Waals surface area contributed by atoms with Crippen molar-refractivity contribution in [2.45, 2.75) is 51.4 Å². The second kappa shape index (κ2) is 5.21. The number of nitrogens with zero attached hydrogens (tertiary/aromatic N) is 1. The van der Waals surface area contributed by atoms with Crippen molar-refractivity contribution in [3.63, 3.8) is 0 Å². The van der Waals surface area contributed by atoms with Crippen LogP contribution in [0.15, 0.2) is 0 Å². The molecule has 1 fully saturated rings. The Morgan fingerprint density at radius 3 is 2.74 bits per heavy atom. The fourth-order valence-corrected chi connectivity index (χ4v) is 4.27. The van der Waals surface area contributed by atoms with Crippen LogP contribution in [0.4, 0.5) is 5.13 Å². The summed E-state index contributed by atoms with van der Waals surface area (Å²) in [5, 5.41) is 3.79. The molecule has 1 saturated carbocycles. The maximum atomic E-state index is 12.5. The number of hydrogen-bond acceptors (Lipinski definition) is 4. The number of aromatic nitrogens is 1. The Bertz CT molecular complexity index is 456. The van der Waals surface area contributed by atoms with Crippen molar-refractivity contribution in [3.05, 3.63) is 10.6 Å². The van der Waals surface area contributed by atoms with Gasteiger partial charge in [-0.1, -0.05) is 19.3 Å². The smallest absolute Gasteiger partial charge is 0.233 e. The van der Waals surface area contributed by atoms with Gasteiger partial charge in [-0.25, -0.2) is 4.98 Å². The van der Waals surface area contributed by atoms with E-state index in [0.29, 0.717) is 6.54 Å². The molecule has 1 amide bonds. The molecule has 0 atom stereocenters. The predicted molar refractivity (Wildman–Crippen MR) is 77.3 cm³/mol. The van der Waals surface area contributed by atoms with Crippen molar-refractivity contribution in [3.8, 4) is 0 Å². The molecule has 1 heterocycles. The fourth-order valence-electron chi connectivity index (χ4n) is 3.23. The summed E-state index contributed by atoms with van der Waals surface area (Å²) in [6.45, 7) is 0.448. The highest BCUT2D eigenvalue weighted by Crippen LogP contribution is 2.37. The third-order valence-corrected chi connectivity index (χ3v) is 5.57. The van der Waals surface area contributed by atoms with E-state index in [9.17, 15) is 4.79 Å². The average molecular weight is 279 g/mol. The second-order valence-corrected chi connectivity index (χ2v) is 6.83. The number of aryl methyl sites for hydroxylation is 2. The molecule has 4 nitrogen and oxygen atoms in total. The number of anilines is 1. The van der Waals surface area contributed by atoms with Crippen LogP contribution in [0.5, 0.6) is 0 Å². The summed E-state index contributed by atoms with van der Waals surface area (Å²) in [5.41, 5.74) is 6.72. The Labute approximate surface area is 117 Å². The minimum Gasteiger partial charge on any atom is -0.329 e. The number of thiazole rings is 1. The van der Waals surface area contributed by atoms with Crippen molar-refractivity contribution in [2.24, 2.45) is 11.1 Å². The number of hydrogen-bond donors (Lipinski definition) is 2. The molecule has 19 heavy (non-hydrogen) atoms. The number of nitrogens with two attached hydrogens (primary N) is 1. The van der Waals surface area contributed by atoms with E-state index in [1.165, 1.54) is 23.4 Å². The molecule has 0 aromatic carbocycles. The van der Waals surface area contributed by atoms with Gasteiger partial charge in [0.1, 0.15) is 0 Å². The molecule has 2 aliphatic carbocycles. The summed E-state index contributed by atoms with van der Waals surface area (Å²) < 4.78 is 0. The molecule has 2 aliphatic rings. The summed E-state index contributed by atoms with van der Waals surface area (Å²) >= 11 is 1.64. The average Bonchev–Trinajstić information content (AvgIpc) is 3.00. The van der Waals surface area contributed by atoms with E-state index in [2.05, 4.69) is 10.3 Å². The largest absolute Gasteiger partial charge is 0.329 e. The molecule has 3 N–H and O–H groups in total. The molecule has 5 heteroatoms. The molecule has 104 valence electrons. The Kier molecular flexibility index (Phi) is 3.58. The molecule has 0 bridgehead atoms. The van der Waals surface area contributed by atoms with Crippen LogP contribution < -0.4 is 11.1 Å². The van der Waals surface area contributed by atoms with Crippen molar-refractivity contribution >= 4 is 22.4 Å². The zero-order chi connectivity index (χ0) is 13.3. The topological polar surface area (TPSA) is 68.0 Å². The van der Waals surface area contributed by atoms with Crippen LogP contribution in [0.25, 0.3) is 0 Å². The van der Waals surface area contributed by atoms with E-state index >= 15 is 0 Å². The van der Waals surface area contributed by atoms with E-state index in [1.54, 1.807) is 11.3 Å². The van der Waals surface area contributed by atoms with E-state index in [0.717, 1.165) is 43.7 Å². The number of amides is 1. The van der Waals surface area contributed by atoms with Gasteiger partial charge in [0.05, 0.1) is 11.1 Å². The van der Waals surface area contributed by atoms with Crippen molar-refractivity contribution in [2.75, 3.05) is 11.9 Å². The first-order valence-electron chi connectivity index (χ1n) is 7.24. The lowest BCUT2D eigenvalue weighted by atomic mass is 9.73. The molecule has 0 saturated heterocycles. The highest BCUT2D eigenvalue weighted by molar-refractivity contribution is 7.15. The predicted octanol–water partition coefficient (Wildman–Crippen LogP) is 2.48. The van der Waals surface area contributed by atoms with Crippen LogP contribution >= 0.6 is 11.3 Å². The van der Waals surface area contributed by atoms with E-state index in [-0.39, 0.29) is 11.3 Å². The molecular weight excluding hydrogens is 258 g/mol. The number of nitrogens with one attached hydrogen (secondary N) is 1. The van der Waals surface area contributed by atoms with E-state index < -0.39 is 0 Å². The first-order chi connectivity index (χ1) is 9.23. The lowest BCUT2D eigenvalue weighted by molar-refractivity contribution is -0.126. The van der Waals surface area contributed by atoms with Gasteiger partial charge in [0.2, 0.25) is 5.91 Å². The van der Waals surface area contributed by atoms with Crippen molar-refractivity contribution in [1.82, 2.24) is 4.98 Å². The number of rotatable bonds is 3. The third-order valence-electron chi connectivity index (χ3n) is 4.50. The summed E-state index contributed by atoms with van der Waals surface area (Å²) in [5.74, 6) is 0.0853. The minimum atomic E-state index is -0.353. The lowest BCUT2D eigenvalue weighted by Crippen LogP contribution is -2.43. The Balaban J connectivity index is 1.72. The normalized spacial score (nSPS) is 21.1. The zero-order valence-corrected chi connectivity index (χ0v) is 12.0. The summed E-state index contributed by atoms with van der Waals surface area (Å²) in [4.78, 5) is 18.4. The highest BCUT2D eigenvalue weighted by Gasteiger charge is 2.38. The number of carbonyl (C=O) groups excluding carboxylic acids is 1. The number of carbonyl (C=O) groups is 1. The zero-order valence-electron chi connectivity index (χ0n) is 11.2. The first kappa shape index (κ1) is 13.1.